The quantitative estimate of drug-likeness (QED) is 0.255. The number of pyridine rings is 1. The maximum Gasteiger partial charge on any atom is 0.237 e. The van der Waals surface area contributed by atoms with Crippen molar-refractivity contribution in [2.45, 2.75) is 38.1 Å². The van der Waals surface area contributed by atoms with E-state index in [4.69, 9.17) is 26.3 Å². The van der Waals surface area contributed by atoms with Crippen LogP contribution in [0.2, 0.25) is 5.02 Å². The number of aromatic nitrogens is 3. The van der Waals surface area contributed by atoms with Crippen LogP contribution in [-0.4, -0.2) is 27.7 Å². The van der Waals surface area contributed by atoms with Gasteiger partial charge in [-0.1, -0.05) is 43.0 Å². The van der Waals surface area contributed by atoms with E-state index in [0.29, 0.717) is 16.9 Å². The van der Waals surface area contributed by atoms with Crippen molar-refractivity contribution in [3.05, 3.63) is 89.4 Å². The summed E-state index contributed by atoms with van der Waals surface area (Å²) in [6.07, 6.45) is 7.67. The Morgan fingerprint density at radius 3 is 2.57 bits per heavy atom. The number of anilines is 2. The van der Waals surface area contributed by atoms with E-state index in [0.717, 1.165) is 57.7 Å². The van der Waals surface area contributed by atoms with Crippen LogP contribution < -0.4 is 15.4 Å². The summed E-state index contributed by atoms with van der Waals surface area (Å²) in [6.45, 7) is 0. The number of hydrogen-bond acceptors (Lipinski definition) is 5. The number of halogens is 1. The first-order chi connectivity index (χ1) is 18.2. The minimum Gasteiger partial charge on any atom is -0.480 e. The van der Waals surface area contributed by atoms with Crippen LogP contribution in [0.25, 0.3) is 28.1 Å². The molecule has 3 aliphatic rings. The number of nitrogens with one attached hydrogen (secondary N) is 1. The molecule has 1 aliphatic heterocycles. The van der Waals surface area contributed by atoms with Gasteiger partial charge >= 0.3 is 0 Å². The zero-order valence-electron chi connectivity index (χ0n) is 20.7. The first-order valence-corrected chi connectivity index (χ1v) is 13.1. The molecule has 0 spiro atoms. The van der Waals surface area contributed by atoms with Gasteiger partial charge in [-0.05, 0) is 73.5 Å². The maximum absolute atomic E-state index is 6.23. The second kappa shape index (κ2) is 10.2. The van der Waals surface area contributed by atoms with Gasteiger partial charge in [0.25, 0.3) is 0 Å². The molecule has 1 fully saturated rings. The van der Waals surface area contributed by atoms with E-state index in [1.165, 1.54) is 19.3 Å². The number of ether oxygens (including phenoxy) is 1. The van der Waals surface area contributed by atoms with Crippen molar-refractivity contribution in [2.24, 2.45) is 4.99 Å². The maximum atomic E-state index is 6.23. The predicted molar refractivity (Wildman–Crippen MR) is 149 cm³/mol. The molecular weight excluding hydrogens is 482 g/mol. The van der Waals surface area contributed by atoms with Gasteiger partial charge in [-0.2, -0.15) is 0 Å². The number of benzene rings is 3. The molecule has 0 saturated heterocycles. The molecule has 6 rings (SSSR count). The Bertz CT molecular complexity index is 1590. The molecule has 2 aromatic carbocycles. The minimum absolute atomic E-state index is 0.306. The van der Waals surface area contributed by atoms with Crippen molar-refractivity contribution in [1.82, 2.24) is 14.5 Å². The van der Waals surface area contributed by atoms with Gasteiger partial charge in [0.05, 0.1) is 46.6 Å². The highest BCUT2D eigenvalue weighted by molar-refractivity contribution is 6.30. The molecule has 2 aliphatic carbocycles. The zero-order valence-corrected chi connectivity index (χ0v) is 21.4. The smallest absolute Gasteiger partial charge is 0.237 e. The Labute approximate surface area is 221 Å². The molecule has 1 aromatic heterocycles. The molecule has 0 unspecified atom stereocenters. The van der Waals surface area contributed by atoms with Crippen LogP contribution in [0.5, 0.6) is 5.88 Å². The van der Waals surface area contributed by atoms with Crippen LogP contribution in [0, 0.1) is 0 Å². The molecule has 7 heteroatoms. The summed E-state index contributed by atoms with van der Waals surface area (Å²) >= 11 is 6.23. The lowest BCUT2D eigenvalue weighted by Crippen LogP contribution is -2.19. The summed E-state index contributed by atoms with van der Waals surface area (Å²) in [5, 5.41) is 5.15. The Morgan fingerprint density at radius 2 is 1.76 bits per heavy atom. The van der Waals surface area contributed by atoms with Gasteiger partial charge in [-0.3, -0.25) is 4.99 Å². The molecule has 1 saturated carbocycles. The molecule has 1 N–H and O–H groups in total. The van der Waals surface area contributed by atoms with Crippen molar-refractivity contribution in [2.75, 3.05) is 12.4 Å². The van der Waals surface area contributed by atoms with E-state index in [1.54, 1.807) is 13.3 Å². The van der Waals surface area contributed by atoms with E-state index in [-0.39, 0.29) is 0 Å². The van der Waals surface area contributed by atoms with E-state index in [1.807, 2.05) is 54.6 Å². The number of fused-ring (bicyclic) bond motifs is 2. The summed E-state index contributed by atoms with van der Waals surface area (Å²) in [6, 6.07) is 24.5. The van der Waals surface area contributed by atoms with Crippen LogP contribution >= 0.6 is 11.6 Å². The molecule has 0 radical (unpaired) electrons. The van der Waals surface area contributed by atoms with Crippen molar-refractivity contribution in [3.63, 3.8) is 0 Å². The predicted octanol–water partition coefficient (Wildman–Crippen LogP) is 7.16. The first kappa shape index (κ1) is 23.5. The van der Waals surface area contributed by atoms with Crippen molar-refractivity contribution in [3.8, 4) is 23.0 Å². The normalized spacial score (nSPS) is 14.8. The Morgan fingerprint density at radius 1 is 0.946 bits per heavy atom. The molecule has 3 aromatic rings. The fourth-order valence-electron chi connectivity index (χ4n) is 5.12. The molecule has 0 bridgehead atoms. The van der Waals surface area contributed by atoms with Gasteiger partial charge in [0.15, 0.2) is 0 Å². The standard InChI is InChI=1S/C30H28ClN5O/c1-37-30-24(11-7-17-32-30)35-25-18-27-29(19-26(25)33-21-8-3-2-4-9-21)36(22-15-13-20(31)14-16-22)28-12-6-5-10-23(28)34-27/h5-7,10-19,21,35H,2-4,8-9H2,1H3. The second-order valence-corrected chi connectivity index (χ2v) is 9.81. The van der Waals surface area contributed by atoms with Crippen molar-refractivity contribution in [1.29, 1.82) is 0 Å². The van der Waals surface area contributed by atoms with Crippen molar-refractivity contribution >= 4 is 34.0 Å². The highest BCUT2D eigenvalue weighted by Crippen LogP contribution is 2.32. The zero-order chi connectivity index (χ0) is 25.2. The van der Waals surface area contributed by atoms with E-state index in [9.17, 15) is 0 Å². The summed E-state index contributed by atoms with van der Waals surface area (Å²) in [4.78, 5) is 14.7. The Balaban J connectivity index is 1.62. The SMILES string of the molecule is COc1ncccc1Nc1cc2nc3ccccc3n(-c3ccc(Cl)cc3)c-2cc1=NC1CCCCC1. The van der Waals surface area contributed by atoms with Gasteiger partial charge in [0.2, 0.25) is 5.88 Å². The highest BCUT2D eigenvalue weighted by atomic mass is 35.5. The Hall–Kier alpha value is -3.90. The van der Waals surface area contributed by atoms with Gasteiger partial charge in [0.1, 0.15) is 5.69 Å². The van der Waals surface area contributed by atoms with Gasteiger partial charge in [0, 0.05) is 16.9 Å². The third-order valence-corrected chi connectivity index (χ3v) is 7.16. The summed E-state index contributed by atoms with van der Waals surface area (Å²) in [5.74, 6) is 0.536. The van der Waals surface area contributed by atoms with Gasteiger partial charge < -0.3 is 14.6 Å². The van der Waals surface area contributed by atoms with E-state index < -0.39 is 0 Å². The highest BCUT2D eigenvalue weighted by Gasteiger charge is 2.19. The molecule has 0 amide bonds. The number of nitrogens with zero attached hydrogens (tertiary/aromatic N) is 4. The van der Waals surface area contributed by atoms with Gasteiger partial charge in [-0.25, -0.2) is 9.97 Å². The van der Waals surface area contributed by atoms with Crippen molar-refractivity contribution < 1.29 is 4.74 Å². The topological polar surface area (TPSA) is 64.3 Å². The molecule has 37 heavy (non-hydrogen) atoms. The average Bonchev–Trinajstić information content (AvgIpc) is 2.94. The summed E-state index contributed by atoms with van der Waals surface area (Å²) in [7, 11) is 1.63. The fraction of sp³-hybridized carbons (Fsp3) is 0.233. The lowest BCUT2D eigenvalue weighted by molar-refractivity contribution is 0.400. The van der Waals surface area contributed by atoms with E-state index in [2.05, 4.69) is 33.1 Å². The lowest BCUT2D eigenvalue weighted by Gasteiger charge is -2.22. The number of para-hydroxylation sites is 2. The molecular formula is C30H28ClN5O. The number of rotatable bonds is 5. The Kier molecular flexibility index (Phi) is 6.49. The lowest BCUT2D eigenvalue weighted by atomic mass is 9.96. The largest absolute Gasteiger partial charge is 0.480 e. The van der Waals surface area contributed by atoms with Crippen LogP contribution in [0.15, 0.2) is 84.0 Å². The average molecular weight is 510 g/mol. The summed E-state index contributed by atoms with van der Waals surface area (Å²) < 4.78 is 7.74. The third-order valence-electron chi connectivity index (χ3n) is 6.91. The van der Waals surface area contributed by atoms with Crippen LogP contribution in [-0.2, 0) is 0 Å². The first-order valence-electron chi connectivity index (χ1n) is 12.7. The second-order valence-electron chi connectivity index (χ2n) is 9.38. The molecule has 2 heterocycles. The van der Waals surface area contributed by atoms with Crippen LogP contribution in [0.3, 0.4) is 0 Å². The minimum atomic E-state index is 0.306. The van der Waals surface area contributed by atoms with Crippen LogP contribution in [0.4, 0.5) is 11.4 Å². The van der Waals surface area contributed by atoms with Gasteiger partial charge in [-0.15, -0.1) is 0 Å². The summed E-state index contributed by atoms with van der Waals surface area (Å²) in [5.41, 5.74) is 6.47. The van der Waals surface area contributed by atoms with Crippen LogP contribution in [0.1, 0.15) is 32.1 Å². The van der Waals surface area contributed by atoms with E-state index >= 15 is 0 Å². The third kappa shape index (κ3) is 4.77. The molecule has 6 nitrogen and oxygen atoms in total. The fourth-order valence-corrected chi connectivity index (χ4v) is 5.24. The molecule has 0 atom stereocenters. The number of methoxy groups -OCH3 is 1. The molecule has 186 valence electrons. The number of hydrogen-bond donors (Lipinski definition) is 1. The monoisotopic (exact) mass is 509 g/mol.